The fourth-order valence-corrected chi connectivity index (χ4v) is 3.32. The fraction of sp³-hybridized carbons (Fsp3) is 0.357. The molecule has 0 aliphatic carbocycles. The predicted octanol–water partition coefficient (Wildman–Crippen LogP) is 3.56. The van der Waals surface area contributed by atoms with E-state index >= 15 is 0 Å². The summed E-state index contributed by atoms with van der Waals surface area (Å²) in [6, 6.07) is 2.06. The Bertz CT molecular complexity index is 746. The van der Waals surface area contributed by atoms with E-state index in [9.17, 15) is 21.8 Å². The molecular weight excluding hydrogens is 334 g/mol. The summed E-state index contributed by atoms with van der Waals surface area (Å²) in [6.07, 6.45) is 0.817. The largest absolute Gasteiger partial charge is 0.433 e. The van der Waals surface area contributed by atoms with Crippen LogP contribution in [0.4, 0.5) is 17.6 Å². The average Bonchev–Trinajstić information content (AvgIpc) is 2.45. The number of alkyl halides is 3. The maximum Gasteiger partial charge on any atom is 0.433 e. The normalized spacial score (nSPS) is 21.8. The van der Waals surface area contributed by atoms with Crippen LogP contribution in [0.5, 0.6) is 0 Å². The van der Waals surface area contributed by atoms with E-state index in [-0.39, 0.29) is 0 Å². The molecule has 3 unspecified atom stereocenters. The van der Waals surface area contributed by atoms with E-state index in [4.69, 9.17) is 0 Å². The molecule has 0 saturated carbocycles. The van der Waals surface area contributed by atoms with Crippen molar-refractivity contribution >= 4 is 9.73 Å². The number of nitrogens with zero attached hydrogens (tertiary/aromatic N) is 2. The zero-order valence-electron chi connectivity index (χ0n) is 12.3. The van der Waals surface area contributed by atoms with Crippen LogP contribution in [0.1, 0.15) is 23.4 Å². The number of nitrogens with one attached hydrogen (secondary N) is 1. The third kappa shape index (κ3) is 4.31. The maximum absolute atomic E-state index is 13.2. The SMILES string of the molecule is CC(c1ccc(C(F)(F)F)nc1)S(C)(=O)=NC1C=C(F)C=CN1. The van der Waals surface area contributed by atoms with E-state index in [1.54, 1.807) is 6.92 Å². The average molecular weight is 349 g/mol. The summed E-state index contributed by atoms with van der Waals surface area (Å²) in [5, 5.41) is 2.07. The van der Waals surface area contributed by atoms with E-state index in [0.29, 0.717) is 5.56 Å². The van der Waals surface area contributed by atoms with Gasteiger partial charge in [-0.05, 0) is 30.7 Å². The van der Waals surface area contributed by atoms with Crippen molar-refractivity contribution in [3.05, 3.63) is 53.8 Å². The Morgan fingerprint density at radius 2 is 2.09 bits per heavy atom. The van der Waals surface area contributed by atoms with Crippen LogP contribution in [0.2, 0.25) is 0 Å². The van der Waals surface area contributed by atoms with Crippen molar-refractivity contribution in [3.63, 3.8) is 0 Å². The molecule has 1 aromatic rings. The van der Waals surface area contributed by atoms with Crippen LogP contribution in [0.3, 0.4) is 0 Å². The standard InChI is InChI=1S/C14H15F4N3OS/c1-9(10-3-4-12(20-8-10)14(16,17)18)23(2,22)21-13-7-11(15)5-6-19-13/h3-9,13,19H,1-2H3. The molecule has 1 aromatic heterocycles. The van der Waals surface area contributed by atoms with Gasteiger partial charge in [-0.3, -0.25) is 4.98 Å². The Hall–Kier alpha value is -1.90. The molecule has 2 rings (SSSR count). The van der Waals surface area contributed by atoms with Crippen LogP contribution in [0.15, 0.2) is 46.9 Å². The lowest BCUT2D eigenvalue weighted by molar-refractivity contribution is -0.141. The topological polar surface area (TPSA) is 54.4 Å². The lowest BCUT2D eigenvalue weighted by Gasteiger charge is -2.18. The first-order chi connectivity index (χ1) is 10.6. The first-order valence-electron chi connectivity index (χ1n) is 6.63. The molecule has 1 N–H and O–H groups in total. The molecule has 1 aliphatic heterocycles. The molecule has 0 spiro atoms. The van der Waals surface area contributed by atoms with Gasteiger partial charge in [-0.1, -0.05) is 6.07 Å². The van der Waals surface area contributed by atoms with Gasteiger partial charge in [-0.15, -0.1) is 0 Å². The van der Waals surface area contributed by atoms with Gasteiger partial charge in [0, 0.05) is 18.7 Å². The molecule has 0 radical (unpaired) electrons. The summed E-state index contributed by atoms with van der Waals surface area (Å²) in [7, 11) is -2.84. The molecule has 0 bridgehead atoms. The third-order valence-electron chi connectivity index (χ3n) is 3.35. The lowest BCUT2D eigenvalue weighted by atomic mass is 10.2. The minimum absolute atomic E-state index is 0.366. The molecule has 4 nitrogen and oxygen atoms in total. The van der Waals surface area contributed by atoms with Gasteiger partial charge in [0.1, 0.15) is 17.7 Å². The van der Waals surface area contributed by atoms with Gasteiger partial charge in [-0.25, -0.2) is 13.0 Å². The number of allylic oxidation sites excluding steroid dienone is 2. The van der Waals surface area contributed by atoms with E-state index in [0.717, 1.165) is 12.3 Å². The van der Waals surface area contributed by atoms with Crippen LogP contribution in [-0.4, -0.2) is 21.6 Å². The summed E-state index contributed by atoms with van der Waals surface area (Å²) in [4.78, 5) is 3.35. The molecule has 3 atom stereocenters. The predicted molar refractivity (Wildman–Crippen MR) is 79.4 cm³/mol. The molecule has 9 heteroatoms. The van der Waals surface area contributed by atoms with E-state index in [1.165, 1.54) is 30.7 Å². The quantitative estimate of drug-likeness (QED) is 0.849. The summed E-state index contributed by atoms with van der Waals surface area (Å²) in [5.41, 5.74) is -0.651. The van der Waals surface area contributed by atoms with Gasteiger partial charge in [0.2, 0.25) is 0 Å². The van der Waals surface area contributed by atoms with Crippen molar-refractivity contribution in [2.24, 2.45) is 4.36 Å². The number of dihydropyridines is 1. The van der Waals surface area contributed by atoms with E-state index in [2.05, 4.69) is 14.7 Å². The van der Waals surface area contributed by atoms with Crippen LogP contribution >= 0.6 is 0 Å². The Labute approximate surface area is 131 Å². The van der Waals surface area contributed by atoms with Gasteiger partial charge in [0.15, 0.2) is 0 Å². The summed E-state index contributed by atoms with van der Waals surface area (Å²) >= 11 is 0. The monoisotopic (exact) mass is 349 g/mol. The molecule has 23 heavy (non-hydrogen) atoms. The first kappa shape index (κ1) is 17.5. The molecule has 2 heterocycles. The Morgan fingerprint density at radius 1 is 1.39 bits per heavy atom. The highest BCUT2D eigenvalue weighted by atomic mass is 32.2. The highest BCUT2D eigenvalue weighted by Gasteiger charge is 2.32. The zero-order chi connectivity index (χ0) is 17.3. The van der Waals surface area contributed by atoms with Crippen LogP contribution in [0.25, 0.3) is 0 Å². The van der Waals surface area contributed by atoms with Crippen LogP contribution in [0, 0.1) is 0 Å². The van der Waals surface area contributed by atoms with Crippen LogP contribution < -0.4 is 5.32 Å². The van der Waals surface area contributed by atoms with Crippen molar-refractivity contribution in [2.45, 2.75) is 24.5 Å². The highest BCUT2D eigenvalue weighted by Crippen LogP contribution is 2.29. The van der Waals surface area contributed by atoms with Crippen molar-refractivity contribution in [3.8, 4) is 0 Å². The van der Waals surface area contributed by atoms with Gasteiger partial charge < -0.3 is 5.32 Å². The van der Waals surface area contributed by atoms with Gasteiger partial charge in [-0.2, -0.15) is 13.2 Å². The molecule has 0 fully saturated rings. The molecule has 1 aliphatic rings. The number of aromatic nitrogens is 1. The third-order valence-corrected chi connectivity index (χ3v) is 5.58. The fourth-order valence-electron chi connectivity index (χ4n) is 1.92. The minimum Gasteiger partial charge on any atom is -0.366 e. The zero-order valence-corrected chi connectivity index (χ0v) is 13.2. The maximum atomic E-state index is 13.2. The molecule has 126 valence electrons. The Kier molecular flexibility index (Phi) is 4.79. The van der Waals surface area contributed by atoms with E-state index in [1.807, 2.05) is 0 Å². The van der Waals surface area contributed by atoms with Gasteiger partial charge in [0.05, 0.1) is 15.0 Å². The van der Waals surface area contributed by atoms with Crippen LogP contribution in [-0.2, 0) is 15.9 Å². The van der Waals surface area contributed by atoms with Crippen molar-refractivity contribution in [2.75, 3.05) is 6.26 Å². The Morgan fingerprint density at radius 3 is 2.61 bits per heavy atom. The molecule has 0 amide bonds. The number of halogens is 4. The lowest BCUT2D eigenvalue weighted by Crippen LogP contribution is -2.24. The minimum atomic E-state index is -4.53. The number of hydrogen-bond donors (Lipinski definition) is 1. The van der Waals surface area contributed by atoms with Crippen molar-refractivity contribution in [1.29, 1.82) is 0 Å². The number of pyridine rings is 1. The second-order valence-corrected chi connectivity index (χ2v) is 7.72. The summed E-state index contributed by atoms with van der Waals surface area (Å²) in [5.74, 6) is -0.503. The molecular formula is C14H15F4N3OS. The second kappa shape index (κ2) is 6.31. The number of rotatable bonds is 3. The second-order valence-electron chi connectivity index (χ2n) is 5.08. The molecule has 0 aromatic carbocycles. The van der Waals surface area contributed by atoms with Gasteiger partial charge >= 0.3 is 6.18 Å². The van der Waals surface area contributed by atoms with Crippen molar-refractivity contribution in [1.82, 2.24) is 10.3 Å². The number of hydrogen-bond acceptors (Lipinski definition) is 4. The van der Waals surface area contributed by atoms with Gasteiger partial charge in [0.25, 0.3) is 0 Å². The smallest absolute Gasteiger partial charge is 0.366 e. The van der Waals surface area contributed by atoms with Crippen molar-refractivity contribution < 1.29 is 21.8 Å². The summed E-state index contributed by atoms with van der Waals surface area (Å²) < 4.78 is 67.4. The molecule has 0 saturated heterocycles. The van der Waals surface area contributed by atoms with E-state index < -0.39 is 38.8 Å². The highest BCUT2D eigenvalue weighted by molar-refractivity contribution is 7.93. The summed E-state index contributed by atoms with van der Waals surface area (Å²) in [6.45, 7) is 1.58. The Balaban J connectivity index is 2.26. The first-order valence-corrected chi connectivity index (χ1v) is 8.61.